The van der Waals surface area contributed by atoms with E-state index < -0.39 is 0 Å². The first-order valence-electron chi connectivity index (χ1n) is 9.17. The van der Waals surface area contributed by atoms with Gasteiger partial charge < -0.3 is 25.0 Å². The van der Waals surface area contributed by atoms with Crippen molar-refractivity contribution < 1.29 is 19.1 Å². The molecule has 28 heavy (non-hydrogen) atoms. The molecule has 0 aliphatic carbocycles. The van der Waals surface area contributed by atoms with E-state index in [1.54, 1.807) is 23.1 Å². The van der Waals surface area contributed by atoms with Crippen LogP contribution in [0.15, 0.2) is 35.0 Å². The molecule has 0 atom stereocenters. The summed E-state index contributed by atoms with van der Waals surface area (Å²) < 4.78 is 10.6. The van der Waals surface area contributed by atoms with Crippen molar-refractivity contribution in [2.45, 2.75) is 0 Å². The number of hydrogen-bond acceptors (Lipinski definition) is 6. The Morgan fingerprint density at radius 2 is 1.89 bits per heavy atom. The number of urea groups is 1. The number of benzene rings is 1. The third kappa shape index (κ3) is 4.37. The monoisotopic (exact) mass is 402 g/mol. The van der Waals surface area contributed by atoms with Crippen LogP contribution in [0, 0.1) is 0 Å². The molecule has 0 unspecified atom stereocenters. The Bertz CT molecular complexity index is 834. The first-order valence-corrected chi connectivity index (χ1v) is 10.1. The Hall–Kier alpha value is -2.78. The summed E-state index contributed by atoms with van der Waals surface area (Å²) in [6.45, 7) is 4.43. The van der Waals surface area contributed by atoms with Gasteiger partial charge in [-0.3, -0.25) is 9.69 Å². The van der Waals surface area contributed by atoms with Crippen LogP contribution in [-0.4, -0.2) is 67.8 Å². The van der Waals surface area contributed by atoms with Gasteiger partial charge in [-0.1, -0.05) is 0 Å². The molecule has 2 aromatic rings. The number of nitrogens with zero attached hydrogens (tertiary/aromatic N) is 2. The van der Waals surface area contributed by atoms with Gasteiger partial charge in [-0.2, -0.15) is 11.3 Å². The number of nitrogens with one attached hydrogen (secondary N) is 2. The van der Waals surface area contributed by atoms with E-state index in [2.05, 4.69) is 15.5 Å². The number of anilines is 1. The predicted molar refractivity (Wildman–Crippen MR) is 106 cm³/mol. The van der Waals surface area contributed by atoms with E-state index in [-0.39, 0.29) is 18.7 Å². The van der Waals surface area contributed by atoms with Crippen molar-refractivity contribution in [3.05, 3.63) is 40.6 Å². The molecule has 1 fully saturated rings. The lowest BCUT2D eigenvalue weighted by molar-refractivity contribution is 0.0943. The lowest BCUT2D eigenvalue weighted by atomic mass is 10.2. The van der Waals surface area contributed by atoms with Crippen LogP contribution in [0.5, 0.6) is 11.5 Å². The first-order chi connectivity index (χ1) is 13.7. The van der Waals surface area contributed by atoms with Gasteiger partial charge in [0.2, 0.25) is 6.79 Å². The average Bonchev–Trinajstić information content (AvgIpc) is 3.40. The molecule has 8 nitrogen and oxygen atoms in total. The number of carbonyl (C=O) groups excluding carboxylic acids is 2. The number of carbonyl (C=O) groups is 2. The van der Waals surface area contributed by atoms with Crippen LogP contribution < -0.4 is 20.1 Å². The zero-order valence-electron chi connectivity index (χ0n) is 15.3. The molecular formula is C19H22N4O4S. The second-order valence-corrected chi connectivity index (χ2v) is 7.37. The van der Waals surface area contributed by atoms with Crippen LogP contribution in [0.25, 0.3) is 0 Å². The lowest BCUT2D eigenvalue weighted by Crippen LogP contribution is -2.51. The second kappa shape index (κ2) is 8.49. The maximum atomic E-state index is 12.5. The van der Waals surface area contributed by atoms with E-state index >= 15 is 0 Å². The largest absolute Gasteiger partial charge is 0.454 e. The third-order valence-electron chi connectivity index (χ3n) is 4.78. The quantitative estimate of drug-likeness (QED) is 0.800. The van der Waals surface area contributed by atoms with Crippen molar-refractivity contribution >= 4 is 29.0 Å². The van der Waals surface area contributed by atoms with E-state index in [0.29, 0.717) is 42.4 Å². The summed E-state index contributed by atoms with van der Waals surface area (Å²) in [6.07, 6.45) is 0. The molecule has 2 aliphatic heterocycles. The van der Waals surface area contributed by atoms with Gasteiger partial charge in [0.15, 0.2) is 11.5 Å². The Morgan fingerprint density at radius 1 is 1.07 bits per heavy atom. The number of amides is 3. The fourth-order valence-corrected chi connectivity index (χ4v) is 3.81. The maximum absolute atomic E-state index is 12.5. The Kier molecular flexibility index (Phi) is 5.63. The summed E-state index contributed by atoms with van der Waals surface area (Å²) in [7, 11) is 0. The number of thiophene rings is 1. The summed E-state index contributed by atoms with van der Waals surface area (Å²) in [5.41, 5.74) is 1.39. The van der Waals surface area contributed by atoms with Crippen LogP contribution in [-0.2, 0) is 0 Å². The number of fused-ring (bicyclic) bond motifs is 1. The minimum Gasteiger partial charge on any atom is -0.454 e. The minimum atomic E-state index is -0.121. The van der Waals surface area contributed by atoms with E-state index in [1.807, 2.05) is 16.8 Å². The highest BCUT2D eigenvalue weighted by Crippen LogP contribution is 2.34. The topological polar surface area (TPSA) is 83.1 Å². The van der Waals surface area contributed by atoms with Crippen LogP contribution in [0.2, 0.25) is 0 Å². The highest BCUT2D eigenvalue weighted by molar-refractivity contribution is 7.08. The summed E-state index contributed by atoms with van der Waals surface area (Å²) >= 11 is 1.51. The van der Waals surface area contributed by atoms with Crippen molar-refractivity contribution in [3.63, 3.8) is 0 Å². The van der Waals surface area contributed by atoms with Crippen LogP contribution in [0.1, 0.15) is 10.4 Å². The van der Waals surface area contributed by atoms with Gasteiger partial charge in [0.25, 0.3) is 5.91 Å². The normalized spacial score (nSPS) is 16.1. The Balaban J connectivity index is 1.18. The summed E-state index contributed by atoms with van der Waals surface area (Å²) in [4.78, 5) is 28.5. The predicted octanol–water partition coefficient (Wildman–Crippen LogP) is 2.06. The molecule has 0 bridgehead atoms. The molecule has 0 radical (unpaired) electrons. The smallest absolute Gasteiger partial charge is 0.321 e. The zero-order chi connectivity index (χ0) is 19.3. The Labute approximate surface area is 167 Å². The summed E-state index contributed by atoms with van der Waals surface area (Å²) in [5, 5.41) is 9.57. The van der Waals surface area contributed by atoms with Crippen molar-refractivity contribution in [1.29, 1.82) is 0 Å². The van der Waals surface area contributed by atoms with E-state index in [9.17, 15) is 9.59 Å². The fourth-order valence-electron chi connectivity index (χ4n) is 3.17. The van der Waals surface area contributed by atoms with Crippen molar-refractivity contribution in [3.8, 4) is 11.5 Å². The summed E-state index contributed by atoms with van der Waals surface area (Å²) in [6, 6.07) is 7.06. The molecular weight excluding hydrogens is 380 g/mol. The molecule has 1 aromatic heterocycles. The number of ether oxygens (including phenoxy) is 2. The molecule has 1 aromatic carbocycles. The summed E-state index contributed by atoms with van der Waals surface area (Å²) in [5.74, 6) is 1.30. The van der Waals surface area contributed by atoms with Gasteiger partial charge in [-0.05, 0) is 23.6 Å². The molecule has 0 spiro atoms. The van der Waals surface area contributed by atoms with Gasteiger partial charge in [0.05, 0.1) is 0 Å². The second-order valence-electron chi connectivity index (χ2n) is 6.59. The van der Waals surface area contributed by atoms with Gasteiger partial charge in [0, 0.05) is 62.0 Å². The molecule has 2 N–H and O–H groups in total. The highest BCUT2D eigenvalue weighted by atomic mass is 32.1. The van der Waals surface area contributed by atoms with Gasteiger partial charge in [-0.25, -0.2) is 4.79 Å². The van der Waals surface area contributed by atoms with E-state index in [4.69, 9.17) is 9.47 Å². The van der Waals surface area contributed by atoms with Gasteiger partial charge in [-0.15, -0.1) is 0 Å². The molecule has 4 rings (SSSR count). The molecule has 2 aliphatic rings. The van der Waals surface area contributed by atoms with Crippen LogP contribution in [0.3, 0.4) is 0 Å². The highest BCUT2D eigenvalue weighted by Gasteiger charge is 2.22. The minimum absolute atomic E-state index is 0.0389. The van der Waals surface area contributed by atoms with Crippen molar-refractivity contribution in [2.24, 2.45) is 0 Å². The molecule has 1 saturated heterocycles. The molecule has 3 amide bonds. The van der Waals surface area contributed by atoms with Crippen molar-refractivity contribution in [1.82, 2.24) is 15.1 Å². The third-order valence-corrected chi connectivity index (χ3v) is 5.46. The molecule has 0 saturated carbocycles. The van der Waals surface area contributed by atoms with Gasteiger partial charge >= 0.3 is 6.03 Å². The zero-order valence-corrected chi connectivity index (χ0v) is 16.2. The van der Waals surface area contributed by atoms with Crippen LogP contribution in [0.4, 0.5) is 10.5 Å². The van der Waals surface area contributed by atoms with Crippen molar-refractivity contribution in [2.75, 3.05) is 51.4 Å². The Morgan fingerprint density at radius 3 is 2.68 bits per heavy atom. The van der Waals surface area contributed by atoms with Crippen LogP contribution >= 0.6 is 11.3 Å². The first kappa shape index (κ1) is 18.6. The number of piperazine rings is 1. The molecule has 9 heteroatoms. The van der Waals surface area contributed by atoms with Gasteiger partial charge in [0.1, 0.15) is 0 Å². The molecule has 148 valence electrons. The maximum Gasteiger partial charge on any atom is 0.321 e. The lowest BCUT2D eigenvalue weighted by Gasteiger charge is -2.34. The average molecular weight is 402 g/mol. The molecule has 3 heterocycles. The SMILES string of the molecule is O=C(NCCN1CCN(C(=O)Nc2ccc3c(c2)OCO3)CC1)c1ccsc1. The fraction of sp³-hybridized carbons (Fsp3) is 0.368. The van der Waals surface area contributed by atoms with E-state index in [1.165, 1.54) is 11.3 Å². The number of rotatable bonds is 5. The number of hydrogen-bond donors (Lipinski definition) is 2. The van der Waals surface area contributed by atoms with E-state index in [0.717, 1.165) is 19.6 Å². The standard InChI is InChI=1S/C19H22N4O4S/c24-18(14-3-10-28-12-14)20-4-5-22-6-8-23(9-7-22)19(25)21-15-1-2-16-17(11-15)27-13-26-16/h1-3,10-12H,4-9,13H2,(H,20,24)(H,21,25).